The monoisotopic (exact) mass is 177 g/mol. The van der Waals surface area contributed by atoms with Crippen LogP contribution in [-0.4, -0.2) is 17.4 Å². The zero-order valence-corrected chi connectivity index (χ0v) is 7.90. The minimum absolute atomic E-state index is 0.690. The average Bonchev–Trinajstić information content (AvgIpc) is 2.16. The van der Waals surface area contributed by atoms with Crippen LogP contribution in [0.4, 0.5) is 0 Å². The van der Waals surface area contributed by atoms with Crippen LogP contribution in [0.5, 0.6) is 0 Å². The summed E-state index contributed by atoms with van der Waals surface area (Å²) in [5.41, 5.74) is 6.82. The zero-order chi connectivity index (χ0) is 9.52. The number of aromatic nitrogens is 1. The molecule has 0 saturated heterocycles. The number of amidine groups is 1. The maximum Gasteiger partial charge on any atom is 0.0982 e. The number of nitrogens with two attached hydrogens (primary N) is 1. The lowest BCUT2D eigenvalue weighted by Crippen LogP contribution is -2.15. The molecule has 2 N–H and O–H groups in total. The minimum atomic E-state index is 0.690. The van der Waals surface area contributed by atoms with Gasteiger partial charge in [-0.05, 0) is 18.1 Å². The summed E-state index contributed by atoms with van der Waals surface area (Å²) < 4.78 is 0. The molecule has 1 rings (SSSR count). The summed E-state index contributed by atoms with van der Waals surface area (Å²) in [6.07, 6.45) is 5.30. The number of hydrogen-bond acceptors (Lipinski definition) is 2. The number of rotatable bonds is 4. The van der Waals surface area contributed by atoms with E-state index in [2.05, 4.69) is 16.9 Å². The molecular weight excluding hydrogens is 162 g/mol. The van der Waals surface area contributed by atoms with Gasteiger partial charge in [-0.3, -0.25) is 9.98 Å². The second kappa shape index (κ2) is 5.30. The SMILES string of the molecule is CCCN=C(N)Cc1cccnc1. The number of aliphatic imine (C=N–C) groups is 1. The van der Waals surface area contributed by atoms with Gasteiger partial charge in [-0.15, -0.1) is 0 Å². The highest BCUT2D eigenvalue weighted by molar-refractivity contribution is 5.82. The van der Waals surface area contributed by atoms with E-state index < -0.39 is 0 Å². The predicted octanol–water partition coefficient (Wildman–Crippen LogP) is 1.39. The van der Waals surface area contributed by atoms with Crippen LogP contribution < -0.4 is 5.73 Å². The van der Waals surface area contributed by atoms with Crippen LogP contribution in [0.1, 0.15) is 18.9 Å². The van der Waals surface area contributed by atoms with E-state index >= 15 is 0 Å². The molecule has 0 unspecified atom stereocenters. The fourth-order valence-electron chi connectivity index (χ4n) is 1.02. The van der Waals surface area contributed by atoms with E-state index in [0.29, 0.717) is 12.3 Å². The summed E-state index contributed by atoms with van der Waals surface area (Å²) in [6, 6.07) is 3.91. The van der Waals surface area contributed by atoms with Crippen LogP contribution in [-0.2, 0) is 6.42 Å². The molecule has 13 heavy (non-hydrogen) atoms. The van der Waals surface area contributed by atoms with Gasteiger partial charge in [0.05, 0.1) is 5.84 Å². The zero-order valence-electron chi connectivity index (χ0n) is 7.90. The quantitative estimate of drug-likeness (QED) is 0.558. The van der Waals surface area contributed by atoms with E-state index in [1.807, 2.05) is 18.3 Å². The Bertz CT molecular complexity index is 267. The van der Waals surface area contributed by atoms with E-state index in [9.17, 15) is 0 Å². The van der Waals surface area contributed by atoms with Crippen LogP contribution in [0, 0.1) is 0 Å². The summed E-state index contributed by atoms with van der Waals surface area (Å²) >= 11 is 0. The molecule has 0 atom stereocenters. The fourth-order valence-corrected chi connectivity index (χ4v) is 1.02. The van der Waals surface area contributed by atoms with Crippen LogP contribution in [0.25, 0.3) is 0 Å². The maximum absolute atomic E-state index is 5.71. The first kappa shape index (κ1) is 9.71. The van der Waals surface area contributed by atoms with Crippen molar-refractivity contribution in [1.29, 1.82) is 0 Å². The molecule has 0 aliphatic carbocycles. The Morgan fingerprint density at radius 2 is 2.46 bits per heavy atom. The highest BCUT2D eigenvalue weighted by Gasteiger charge is 1.94. The average molecular weight is 177 g/mol. The van der Waals surface area contributed by atoms with Gasteiger partial charge in [0, 0.05) is 25.4 Å². The van der Waals surface area contributed by atoms with Gasteiger partial charge in [0.15, 0.2) is 0 Å². The molecule has 1 aromatic rings. The Morgan fingerprint density at radius 1 is 1.62 bits per heavy atom. The normalized spacial score (nSPS) is 11.6. The van der Waals surface area contributed by atoms with E-state index in [0.717, 1.165) is 18.5 Å². The lowest BCUT2D eigenvalue weighted by molar-refractivity contribution is 0.924. The van der Waals surface area contributed by atoms with Crippen LogP contribution in [0.2, 0.25) is 0 Å². The van der Waals surface area contributed by atoms with Gasteiger partial charge in [-0.25, -0.2) is 0 Å². The topological polar surface area (TPSA) is 51.3 Å². The molecule has 0 saturated carbocycles. The Morgan fingerprint density at radius 3 is 3.08 bits per heavy atom. The summed E-state index contributed by atoms with van der Waals surface area (Å²) in [6.45, 7) is 2.90. The molecule has 0 bridgehead atoms. The maximum atomic E-state index is 5.71. The Balaban J connectivity index is 2.50. The molecule has 0 spiro atoms. The molecule has 70 valence electrons. The second-order valence-corrected chi connectivity index (χ2v) is 2.91. The fraction of sp³-hybridized carbons (Fsp3) is 0.400. The van der Waals surface area contributed by atoms with E-state index in [4.69, 9.17) is 5.73 Å². The number of pyridine rings is 1. The van der Waals surface area contributed by atoms with Gasteiger partial charge in [-0.1, -0.05) is 13.0 Å². The lowest BCUT2D eigenvalue weighted by Gasteiger charge is -1.99. The highest BCUT2D eigenvalue weighted by atomic mass is 14.8. The molecule has 1 aromatic heterocycles. The molecule has 3 nitrogen and oxygen atoms in total. The first-order valence-electron chi connectivity index (χ1n) is 4.50. The van der Waals surface area contributed by atoms with Gasteiger partial charge < -0.3 is 5.73 Å². The van der Waals surface area contributed by atoms with Crippen molar-refractivity contribution in [3.05, 3.63) is 30.1 Å². The highest BCUT2D eigenvalue weighted by Crippen LogP contribution is 1.96. The number of hydrogen-bond donors (Lipinski definition) is 1. The lowest BCUT2D eigenvalue weighted by atomic mass is 10.2. The summed E-state index contributed by atoms with van der Waals surface area (Å²) in [5.74, 6) is 0.690. The molecule has 0 radical (unpaired) electrons. The summed E-state index contributed by atoms with van der Waals surface area (Å²) in [5, 5.41) is 0. The van der Waals surface area contributed by atoms with Crippen molar-refractivity contribution in [3.63, 3.8) is 0 Å². The van der Waals surface area contributed by atoms with E-state index in [1.54, 1.807) is 6.20 Å². The van der Waals surface area contributed by atoms with Crippen LogP contribution in [0.3, 0.4) is 0 Å². The second-order valence-electron chi connectivity index (χ2n) is 2.91. The molecule has 0 aromatic carbocycles. The van der Waals surface area contributed by atoms with Crippen molar-refractivity contribution in [1.82, 2.24) is 4.98 Å². The van der Waals surface area contributed by atoms with Crippen molar-refractivity contribution >= 4 is 5.84 Å². The Hall–Kier alpha value is -1.38. The van der Waals surface area contributed by atoms with Crippen molar-refractivity contribution in [3.8, 4) is 0 Å². The molecule has 0 amide bonds. The van der Waals surface area contributed by atoms with E-state index in [1.165, 1.54) is 0 Å². The van der Waals surface area contributed by atoms with Gasteiger partial charge in [0.2, 0.25) is 0 Å². The molecule has 0 aliphatic rings. The molecule has 1 heterocycles. The third kappa shape index (κ3) is 3.69. The summed E-state index contributed by atoms with van der Waals surface area (Å²) in [4.78, 5) is 8.21. The Kier molecular flexibility index (Phi) is 3.96. The van der Waals surface area contributed by atoms with Crippen molar-refractivity contribution in [2.75, 3.05) is 6.54 Å². The first-order valence-corrected chi connectivity index (χ1v) is 4.50. The van der Waals surface area contributed by atoms with Crippen molar-refractivity contribution < 1.29 is 0 Å². The molecular formula is C10H15N3. The smallest absolute Gasteiger partial charge is 0.0982 e. The first-order chi connectivity index (χ1) is 6.33. The van der Waals surface area contributed by atoms with Crippen LogP contribution in [0.15, 0.2) is 29.5 Å². The Labute approximate surface area is 78.7 Å². The number of nitrogens with zero attached hydrogens (tertiary/aromatic N) is 2. The predicted molar refractivity (Wildman–Crippen MR) is 54.7 cm³/mol. The molecule has 0 fully saturated rings. The van der Waals surface area contributed by atoms with E-state index in [-0.39, 0.29) is 0 Å². The van der Waals surface area contributed by atoms with Gasteiger partial charge in [-0.2, -0.15) is 0 Å². The van der Waals surface area contributed by atoms with Gasteiger partial charge >= 0.3 is 0 Å². The van der Waals surface area contributed by atoms with Gasteiger partial charge in [0.1, 0.15) is 0 Å². The minimum Gasteiger partial charge on any atom is -0.387 e. The van der Waals surface area contributed by atoms with Crippen molar-refractivity contribution in [2.45, 2.75) is 19.8 Å². The largest absolute Gasteiger partial charge is 0.387 e. The van der Waals surface area contributed by atoms with Gasteiger partial charge in [0.25, 0.3) is 0 Å². The summed E-state index contributed by atoms with van der Waals surface area (Å²) in [7, 11) is 0. The third-order valence-electron chi connectivity index (χ3n) is 1.65. The third-order valence-corrected chi connectivity index (χ3v) is 1.65. The standard InChI is InChI=1S/C10H15N3/c1-2-5-13-10(11)7-9-4-3-6-12-8-9/h3-4,6,8H,2,5,7H2,1H3,(H2,11,13). The van der Waals surface area contributed by atoms with Crippen molar-refractivity contribution in [2.24, 2.45) is 10.7 Å². The molecule has 0 aliphatic heterocycles. The van der Waals surface area contributed by atoms with Crippen LogP contribution >= 0.6 is 0 Å². The molecule has 3 heteroatoms.